The van der Waals surface area contributed by atoms with E-state index in [0.717, 1.165) is 31.5 Å². The van der Waals surface area contributed by atoms with Crippen LogP contribution in [0, 0.1) is 5.82 Å². The maximum absolute atomic E-state index is 12.9. The van der Waals surface area contributed by atoms with Crippen molar-refractivity contribution in [3.05, 3.63) is 58.0 Å². The lowest BCUT2D eigenvalue weighted by Gasteiger charge is -2.30. The molecule has 2 N–H and O–H groups in total. The van der Waals surface area contributed by atoms with Crippen LogP contribution in [-0.2, 0) is 16.1 Å². The molecule has 2 amide bonds. The average molecular weight is 404 g/mol. The van der Waals surface area contributed by atoms with Crippen LogP contribution in [0.2, 0.25) is 0 Å². The molecule has 28 heavy (non-hydrogen) atoms. The summed E-state index contributed by atoms with van der Waals surface area (Å²) in [6.07, 6.45) is 4.80. The van der Waals surface area contributed by atoms with Crippen LogP contribution in [0.3, 0.4) is 0 Å². The summed E-state index contributed by atoms with van der Waals surface area (Å²) in [6.45, 7) is 2.60. The van der Waals surface area contributed by atoms with E-state index in [0.29, 0.717) is 6.54 Å². The molecule has 3 rings (SSSR count). The molecule has 0 spiro atoms. The highest BCUT2D eigenvalue weighted by Gasteiger charge is 2.23. The maximum Gasteiger partial charge on any atom is 0.309 e. The Kier molecular flexibility index (Phi) is 7.56. The van der Waals surface area contributed by atoms with Gasteiger partial charge in [0.15, 0.2) is 0 Å². The van der Waals surface area contributed by atoms with Crippen LogP contribution in [-0.4, -0.2) is 36.3 Å². The molecule has 2 heterocycles. The fourth-order valence-corrected chi connectivity index (χ4v) is 4.17. The zero-order valence-electron chi connectivity index (χ0n) is 15.8. The van der Waals surface area contributed by atoms with Crippen molar-refractivity contribution in [2.45, 2.75) is 38.3 Å². The number of amides is 2. The van der Waals surface area contributed by atoms with Gasteiger partial charge >= 0.3 is 11.8 Å². The number of carbonyl (C=O) groups excluding carboxylic acids is 2. The number of nitrogens with one attached hydrogen (secondary N) is 2. The van der Waals surface area contributed by atoms with Crippen molar-refractivity contribution in [1.29, 1.82) is 0 Å². The van der Waals surface area contributed by atoms with Crippen LogP contribution in [0.5, 0.6) is 0 Å². The lowest BCUT2D eigenvalue weighted by Crippen LogP contribution is -2.44. The third-order valence-corrected chi connectivity index (χ3v) is 5.74. The Morgan fingerprint density at radius 3 is 2.32 bits per heavy atom. The second kappa shape index (κ2) is 10.3. The monoisotopic (exact) mass is 403 g/mol. The second-order valence-electron chi connectivity index (χ2n) is 7.04. The van der Waals surface area contributed by atoms with E-state index in [1.165, 1.54) is 30.5 Å². The van der Waals surface area contributed by atoms with Crippen molar-refractivity contribution in [3.63, 3.8) is 0 Å². The van der Waals surface area contributed by atoms with Gasteiger partial charge in [0.2, 0.25) is 0 Å². The lowest BCUT2D eigenvalue weighted by molar-refractivity contribution is -0.139. The predicted molar refractivity (Wildman–Crippen MR) is 108 cm³/mol. The number of carbonyl (C=O) groups is 2. The number of likely N-dealkylation sites (tertiary alicyclic amines) is 1. The molecule has 5 nitrogen and oxygen atoms in total. The van der Waals surface area contributed by atoms with Crippen molar-refractivity contribution in [2.75, 3.05) is 19.6 Å². The summed E-state index contributed by atoms with van der Waals surface area (Å²) >= 11 is 1.64. The topological polar surface area (TPSA) is 61.4 Å². The van der Waals surface area contributed by atoms with Gasteiger partial charge in [-0.05, 0) is 66.0 Å². The summed E-state index contributed by atoms with van der Waals surface area (Å²) in [4.78, 5) is 26.8. The minimum Gasteiger partial charge on any atom is -0.346 e. The Labute approximate surface area is 168 Å². The zero-order chi connectivity index (χ0) is 19.8. The van der Waals surface area contributed by atoms with Crippen LogP contribution in [0.15, 0.2) is 41.1 Å². The standard InChI is InChI=1S/C21H26FN3O2S/c22-18-7-5-16(6-8-18)13-23-20(26)21(27)24-14-19(17-9-12-28-15-17)25-10-3-1-2-4-11-25/h5-9,12,15,19H,1-4,10-11,13-14H2,(H,23,26)(H,24,27)/t19-/m0/s1. The summed E-state index contributed by atoms with van der Waals surface area (Å²) in [6, 6.07) is 7.99. The minimum absolute atomic E-state index is 0.0817. The molecule has 0 aliphatic carbocycles. The van der Waals surface area contributed by atoms with E-state index >= 15 is 0 Å². The summed E-state index contributed by atoms with van der Waals surface area (Å²) in [5.74, 6) is -1.65. The molecule has 150 valence electrons. The van der Waals surface area contributed by atoms with Crippen LogP contribution in [0.1, 0.15) is 42.9 Å². The largest absolute Gasteiger partial charge is 0.346 e. The molecule has 0 radical (unpaired) electrons. The fourth-order valence-electron chi connectivity index (χ4n) is 3.46. The van der Waals surface area contributed by atoms with Gasteiger partial charge in [0, 0.05) is 13.1 Å². The minimum atomic E-state index is -0.677. The van der Waals surface area contributed by atoms with Crippen LogP contribution < -0.4 is 10.6 Å². The van der Waals surface area contributed by atoms with Crippen molar-refractivity contribution in [3.8, 4) is 0 Å². The second-order valence-corrected chi connectivity index (χ2v) is 7.82. The molecule has 1 aromatic heterocycles. The first-order chi connectivity index (χ1) is 13.6. The Bertz CT molecular complexity index is 756. The van der Waals surface area contributed by atoms with Gasteiger partial charge in [-0.3, -0.25) is 14.5 Å². The highest BCUT2D eigenvalue weighted by Crippen LogP contribution is 2.25. The van der Waals surface area contributed by atoms with Gasteiger partial charge in [0.1, 0.15) is 5.82 Å². The summed E-state index contributed by atoms with van der Waals surface area (Å²) in [7, 11) is 0. The van der Waals surface area contributed by atoms with Gasteiger partial charge in [-0.15, -0.1) is 0 Å². The molecule has 2 aromatic rings. The summed E-state index contributed by atoms with van der Waals surface area (Å²) in [5, 5.41) is 9.51. The maximum atomic E-state index is 12.9. The van der Waals surface area contributed by atoms with Crippen molar-refractivity contribution >= 4 is 23.2 Å². The molecular formula is C21H26FN3O2S. The van der Waals surface area contributed by atoms with Crippen LogP contribution in [0.4, 0.5) is 4.39 Å². The van der Waals surface area contributed by atoms with E-state index in [1.54, 1.807) is 23.5 Å². The van der Waals surface area contributed by atoms with Gasteiger partial charge in [-0.1, -0.05) is 25.0 Å². The quantitative estimate of drug-likeness (QED) is 0.728. The Morgan fingerprint density at radius 1 is 1.00 bits per heavy atom. The van der Waals surface area contributed by atoms with Gasteiger partial charge in [0.25, 0.3) is 0 Å². The van der Waals surface area contributed by atoms with E-state index in [2.05, 4.69) is 27.0 Å². The van der Waals surface area contributed by atoms with Crippen LogP contribution >= 0.6 is 11.3 Å². The van der Waals surface area contributed by atoms with E-state index in [1.807, 2.05) is 5.38 Å². The van der Waals surface area contributed by atoms with Gasteiger partial charge < -0.3 is 10.6 Å². The highest BCUT2D eigenvalue weighted by atomic mass is 32.1. The molecule has 1 aromatic carbocycles. The van der Waals surface area contributed by atoms with Gasteiger partial charge in [-0.2, -0.15) is 11.3 Å². The molecule has 1 fully saturated rings. The first-order valence-corrected chi connectivity index (χ1v) is 10.6. The highest BCUT2D eigenvalue weighted by molar-refractivity contribution is 7.08. The number of benzene rings is 1. The summed E-state index contributed by atoms with van der Waals surface area (Å²) < 4.78 is 12.9. The number of thiophene rings is 1. The molecule has 0 unspecified atom stereocenters. The molecular weight excluding hydrogens is 377 g/mol. The van der Waals surface area contributed by atoms with E-state index in [9.17, 15) is 14.0 Å². The third-order valence-electron chi connectivity index (χ3n) is 5.04. The smallest absolute Gasteiger partial charge is 0.309 e. The molecule has 1 saturated heterocycles. The Hall–Kier alpha value is -2.25. The number of hydrogen-bond donors (Lipinski definition) is 2. The number of rotatable bonds is 6. The normalized spacial score (nSPS) is 16.2. The molecule has 1 atom stereocenters. The molecule has 0 bridgehead atoms. The van der Waals surface area contributed by atoms with Crippen LogP contribution in [0.25, 0.3) is 0 Å². The van der Waals surface area contributed by atoms with E-state index in [4.69, 9.17) is 0 Å². The number of hydrogen-bond acceptors (Lipinski definition) is 4. The molecule has 0 saturated carbocycles. The lowest BCUT2D eigenvalue weighted by atomic mass is 10.1. The van der Waals surface area contributed by atoms with Crippen molar-refractivity contribution in [2.24, 2.45) is 0 Å². The van der Waals surface area contributed by atoms with E-state index in [-0.39, 0.29) is 18.4 Å². The first-order valence-electron chi connectivity index (χ1n) is 9.70. The van der Waals surface area contributed by atoms with Crippen molar-refractivity contribution in [1.82, 2.24) is 15.5 Å². The molecule has 1 aliphatic heterocycles. The molecule has 1 aliphatic rings. The van der Waals surface area contributed by atoms with Gasteiger partial charge in [-0.25, -0.2) is 4.39 Å². The number of halogens is 1. The predicted octanol–water partition coefficient (Wildman–Crippen LogP) is 3.24. The summed E-state index contributed by atoms with van der Waals surface area (Å²) in [5.41, 5.74) is 1.92. The van der Waals surface area contributed by atoms with Crippen molar-refractivity contribution < 1.29 is 14.0 Å². The van der Waals surface area contributed by atoms with Gasteiger partial charge in [0.05, 0.1) is 6.04 Å². The zero-order valence-corrected chi connectivity index (χ0v) is 16.6. The molecule has 7 heteroatoms. The third kappa shape index (κ3) is 5.87. The van der Waals surface area contributed by atoms with E-state index < -0.39 is 11.8 Å². The Balaban J connectivity index is 1.53. The average Bonchev–Trinajstić information content (AvgIpc) is 3.10. The fraction of sp³-hybridized carbons (Fsp3) is 0.429. The SMILES string of the molecule is O=C(NCc1ccc(F)cc1)C(=O)NC[C@@H](c1ccsc1)N1CCCCCC1. The Morgan fingerprint density at radius 2 is 1.68 bits per heavy atom. The number of nitrogens with zero attached hydrogens (tertiary/aromatic N) is 1. The first kappa shape index (κ1) is 20.5.